The van der Waals surface area contributed by atoms with Gasteiger partial charge in [0.25, 0.3) is 0 Å². The second-order valence-electron chi connectivity index (χ2n) is 4.66. The molecule has 0 spiro atoms. The molecular formula is C16H19FN2. The number of rotatable bonds is 5. The lowest BCUT2D eigenvalue weighted by Crippen LogP contribution is -1.97. The minimum Gasteiger partial charge on any atom is -0.397 e. The summed E-state index contributed by atoms with van der Waals surface area (Å²) >= 11 is 0. The van der Waals surface area contributed by atoms with Crippen LogP contribution in [0.3, 0.4) is 0 Å². The zero-order chi connectivity index (χ0) is 13.7. The fraction of sp³-hybridized carbons (Fsp3) is 0.250. The van der Waals surface area contributed by atoms with Gasteiger partial charge in [-0.3, -0.25) is 0 Å². The standard InChI is InChI=1S/C16H19FN2/c1-2-3-4-12-5-8-14(9-6-12)19-16-11-13(17)7-10-15(16)18/h5-11,19H,2-4,18H2,1H3. The number of nitrogen functional groups attached to an aromatic ring is 1. The van der Waals surface area contributed by atoms with E-state index in [0.29, 0.717) is 11.4 Å². The van der Waals surface area contributed by atoms with Crippen LogP contribution in [0.5, 0.6) is 0 Å². The molecule has 100 valence electrons. The van der Waals surface area contributed by atoms with Crippen molar-refractivity contribution in [2.24, 2.45) is 0 Å². The van der Waals surface area contributed by atoms with E-state index in [0.717, 1.165) is 12.1 Å². The molecule has 0 radical (unpaired) electrons. The van der Waals surface area contributed by atoms with Crippen LogP contribution in [0, 0.1) is 5.82 Å². The molecular weight excluding hydrogens is 239 g/mol. The van der Waals surface area contributed by atoms with Crippen LogP contribution >= 0.6 is 0 Å². The molecule has 0 bridgehead atoms. The summed E-state index contributed by atoms with van der Waals surface area (Å²) in [4.78, 5) is 0. The van der Waals surface area contributed by atoms with Crippen molar-refractivity contribution in [2.45, 2.75) is 26.2 Å². The molecule has 3 N–H and O–H groups in total. The van der Waals surface area contributed by atoms with Crippen molar-refractivity contribution in [3.05, 3.63) is 53.8 Å². The van der Waals surface area contributed by atoms with E-state index in [9.17, 15) is 4.39 Å². The Kier molecular flexibility index (Phi) is 4.39. The maximum atomic E-state index is 13.2. The van der Waals surface area contributed by atoms with Crippen molar-refractivity contribution in [2.75, 3.05) is 11.1 Å². The SMILES string of the molecule is CCCCc1ccc(Nc2cc(F)ccc2N)cc1. The van der Waals surface area contributed by atoms with E-state index in [2.05, 4.69) is 24.4 Å². The first kappa shape index (κ1) is 13.4. The van der Waals surface area contributed by atoms with Gasteiger partial charge in [0.2, 0.25) is 0 Å². The van der Waals surface area contributed by atoms with Crippen LogP contribution in [0.1, 0.15) is 25.3 Å². The quantitative estimate of drug-likeness (QED) is 0.775. The number of benzene rings is 2. The molecule has 2 rings (SSSR count). The summed E-state index contributed by atoms with van der Waals surface area (Å²) in [5.41, 5.74) is 9.17. The molecule has 2 aromatic carbocycles. The number of hydrogen-bond donors (Lipinski definition) is 2. The first-order valence-electron chi connectivity index (χ1n) is 6.60. The van der Waals surface area contributed by atoms with Crippen molar-refractivity contribution in [1.29, 1.82) is 0 Å². The van der Waals surface area contributed by atoms with Crippen LogP contribution in [-0.4, -0.2) is 0 Å². The van der Waals surface area contributed by atoms with Crippen LogP contribution in [0.25, 0.3) is 0 Å². The van der Waals surface area contributed by atoms with Gasteiger partial charge in [0.15, 0.2) is 0 Å². The zero-order valence-corrected chi connectivity index (χ0v) is 11.1. The Balaban J connectivity index is 2.08. The third kappa shape index (κ3) is 3.71. The molecule has 0 saturated heterocycles. The van der Waals surface area contributed by atoms with E-state index in [-0.39, 0.29) is 5.82 Å². The van der Waals surface area contributed by atoms with Gasteiger partial charge in [0.05, 0.1) is 11.4 Å². The Morgan fingerprint density at radius 2 is 1.84 bits per heavy atom. The summed E-state index contributed by atoms with van der Waals surface area (Å²) in [6, 6.07) is 12.5. The Labute approximate surface area is 113 Å². The Morgan fingerprint density at radius 3 is 2.53 bits per heavy atom. The normalized spacial score (nSPS) is 10.4. The highest BCUT2D eigenvalue weighted by Crippen LogP contribution is 2.24. The lowest BCUT2D eigenvalue weighted by molar-refractivity contribution is 0.628. The third-order valence-corrected chi connectivity index (χ3v) is 3.07. The average molecular weight is 258 g/mol. The fourth-order valence-electron chi connectivity index (χ4n) is 1.93. The van der Waals surface area contributed by atoms with Gasteiger partial charge in [-0.15, -0.1) is 0 Å². The number of nitrogens with two attached hydrogens (primary N) is 1. The second kappa shape index (κ2) is 6.23. The smallest absolute Gasteiger partial charge is 0.125 e. The molecule has 3 heteroatoms. The van der Waals surface area contributed by atoms with Crippen molar-refractivity contribution in [3.63, 3.8) is 0 Å². The Hall–Kier alpha value is -2.03. The molecule has 0 aromatic heterocycles. The maximum absolute atomic E-state index is 13.2. The average Bonchev–Trinajstić information content (AvgIpc) is 2.42. The Bertz CT molecular complexity index is 535. The van der Waals surface area contributed by atoms with E-state index in [1.807, 2.05) is 12.1 Å². The predicted octanol–water partition coefficient (Wildman–Crippen LogP) is 4.49. The molecule has 0 aliphatic carbocycles. The molecule has 19 heavy (non-hydrogen) atoms. The highest BCUT2D eigenvalue weighted by atomic mass is 19.1. The zero-order valence-electron chi connectivity index (χ0n) is 11.1. The second-order valence-corrected chi connectivity index (χ2v) is 4.66. The van der Waals surface area contributed by atoms with Crippen molar-refractivity contribution >= 4 is 17.1 Å². The highest BCUT2D eigenvalue weighted by Gasteiger charge is 2.02. The topological polar surface area (TPSA) is 38.0 Å². The van der Waals surface area contributed by atoms with Crippen molar-refractivity contribution < 1.29 is 4.39 Å². The van der Waals surface area contributed by atoms with Gasteiger partial charge in [-0.1, -0.05) is 25.5 Å². The summed E-state index contributed by atoms with van der Waals surface area (Å²) in [7, 11) is 0. The summed E-state index contributed by atoms with van der Waals surface area (Å²) < 4.78 is 13.2. The molecule has 0 atom stereocenters. The first-order chi connectivity index (χ1) is 9.19. The summed E-state index contributed by atoms with van der Waals surface area (Å²) in [6.07, 6.45) is 3.49. The summed E-state index contributed by atoms with van der Waals surface area (Å²) in [6.45, 7) is 2.18. The number of nitrogens with one attached hydrogen (secondary N) is 1. The fourth-order valence-corrected chi connectivity index (χ4v) is 1.93. The summed E-state index contributed by atoms with van der Waals surface area (Å²) in [5.74, 6) is -0.295. The Morgan fingerprint density at radius 1 is 1.11 bits per heavy atom. The minimum absolute atomic E-state index is 0.295. The van der Waals surface area contributed by atoms with E-state index in [4.69, 9.17) is 5.73 Å². The monoisotopic (exact) mass is 258 g/mol. The number of unbranched alkanes of at least 4 members (excludes halogenated alkanes) is 1. The molecule has 0 amide bonds. The van der Waals surface area contributed by atoms with Gasteiger partial charge in [-0.05, 0) is 48.7 Å². The molecule has 2 aromatic rings. The van der Waals surface area contributed by atoms with Gasteiger partial charge >= 0.3 is 0 Å². The number of hydrogen-bond acceptors (Lipinski definition) is 2. The predicted molar refractivity (Wildman–Crippen MR) is 79.1 cm³/mol. The molecule has 0 saturated carbocycles. The highest BCUT2D eigenvalue weighted by molar-refractivity contribution is 5.72. The third-order valence-electron chi connectivity index (χ3n) is 3.07. The van der Waals surface area contributed by atoms with E-state index in [1.54, 1.807) is 6.07 Å². The van der Waals surface area contributed by atoms with E-state index >= 15 is 0 Å². The van der Waals surface area contributed by atoms with Crippen LogP contribution < -0.4 is 11.1 Å². The molecule has 0 fully saturated rings. The van der Waals surface area contributed by atoms with Crippen LogP contribution in [0.15, 0.2) is 42.5 Å². The maximum Gasteiger partial charge on any atom is 0.125 e. The first-order valence-corrected chi connectivity index (χ1v) is 6.60. The molecule has 0 heterocycles. The van der Waals surface area contributed by atoms with Gasteiger partial charge in [-0.2, -0.15) is 0 Å². The minimum atomic E-state index is -0.295. The number of halogens is 1. The summed E-state index contributed by atoms with van der Waals surface area (Å²) in [5, 5.41) is 3.13. The van der Waals surface area contributed by atoms with Crippen LogP contribution in [-0.2, 0) is 6.42 Å². The van der Waals surface area contributed by atoms with Gasteiger partial charge in [-0.25, -0.2) is 4.39 Å². The van der Waals surface area contributed by atoms with Crippen molar-refractivity contribution in [1.82, 2.24) is 0 Å². The lowest BCUT2D eigenvalue weighted by Gasteiger charge is -2.10. The van der Waals surface area contributed by atoms with Crippen LogP contribution in [0.2, 0.25) is 0 Å². The van der Waals surface area contributed by atoms with Gasteiger partial charge in [0, 0.05) is 5.69 Å². The van der Waals surface area contributed by atoms with Gasteiger partial charge < -0.3 is 11.1 Å². The molecule has 2 nitrogen and oxygen atoms in total. The largest absolute Gasteiger partial charge is 0.397 e. The van der Waals surface area contributed by atoms with E-state index < -0.39 is 0 Å². The van der Waals surface area contributed by atoms with E-state index in [1.165, 1.54) is 30.5 Å². The lowest BCUT2D eigenvalue weighted by atomic mass is 10.1. The number of anilines is 3. The van der Waals surface area contributed by atoms with Gasteiger partial charge in [0.1, 0.15) is 5.82 Å². The molecule has 0 aliphatic heterocycles. The van der Waals surface area contributed by atoms with Crippen molar-refractivity contribution in [3.8, 4) is 0 Å². The van der Waals surface area contributed by atoms with Crippen LogP contribution in [0.4, 0.5) is 21.5 Å². The molecule has 0 aliphatic rings. The number of aryl methyl sites for hydroxylation is 1. The molecule has 0 unspecified atom stereocenters.